The third-order valence-corrected chi connectivity index (χ3v) is 3.36. The molecule has 2 aromatic rings. The highest BCUT2D eigenvalue weighted by Gasteiger charge is 2.08. The maximum atomic E-state index is 4.18. The molecule has 0 saturated heterocycles. The number of rotatable bonds is 5. The lowest BCUT2D eigenvalue weighted by molar-refractivity contribution is 0.572. The van der Waals surface area contributed by atoms with Crippen molar-refractivity contribution in [2.24, 2.45) is 0 Å². The molecule has 0 bridgehead atoms. The molecule has 1 heterocycles. The van der Waals surface area contributed by atoms with E-state index in [-0.39, 0.29) is 0 Å². The number of aromatic nitrogens is 2. The molecule has 0 radical (unpaired) electrons. The largest absolute Gasteiger partial charge is 0.306 e. The Kier molecular flexibility index (Phi) is 4.17. The van der Waals surface area contributed by atoms with E-state index in [0.717, 1.165) is 12.1 Å². The standard InChI is InChI=1S/C16H21N3/c1-5-19-11-15(10-18-19)9-17-14(4)16-8-12(2)6-7-13(16)3/h5-8,10-11,14,17H,1,9H2,2-4H3. The number of benzene rings is 1. The van der Waals surface area contributed by atoms with Gasteiger partial charge < -0.3 is 5.32 Å². The van der Waals surface area contributed by atoms with Crippen LogP contribution in [0.3, 0.4) is 0 Å². The minimum atomic E-state index is 0.326. The van der Waals surface area contributed by atoms with Gasteiger partial charge in [0.15, 0.2) is 0 Å². The summed E-state index contributed by atoms with van der Waals surface area (Å²) in [6.07, 6.45) is 5.54. The summed E-state index contributed by atoms with van der Waals surface area (Å²) >= 11 is 0. The second kappa shape index (κ2) is 5.85. The Bertz CT molecular complexity index is 569. The van der Waals surface area contributed by atoms with Crippen molar-refractivity contribution in [3.8, 4) is 0 Å². The third-order valence-electron chi connectivity index (χ3n) is 3.36. The van der Waals surface area contributed by atoms with Gasteiger partial charge in [0, 0.05) is 30.5 Å². The highest BCUT2D eigenvalue weighted by molar-refractivity contribution is 5.32. The first-order chi connectivity index (χ1) is 9.10. The SMILES string of the molecule is C=Cn1cc(CNC(C)c2cc(C)ccc2C)cn1. The van der Waals surface area contributed by atoms with Gasteiger partial charge in [0.2, 0.25) is 0 Å². The summed E-state index contributed by atoms with van der Waals surface area (Å²) in [6.45, 7) is 11.0. The average molecular weight is 255 g/mol. The van der Waals surface area contributed by atoms with E-state index < -0.39 is 0 Å². The van der Waals surface area contributed by atoms with Crippen LogP contribution in [0.15, 0.2) is 37.2 Å². The van der Waals surface area contributed by atoms with Gasteiger partial charge in [-0.3, -0.25) is 0 Å². The zero-order valence-electron chi connectivity index (χ0n) is 11.9. The first kappa shape index (κ1) is 13.6. The van der Waals surface area contributed by atoms with Crippen molar-refractivity contribution in [3.05, 3.63) is 59.4 Å². The minimum absolute atomic E-state index is 0.326. The number of nitrogens with one attached hydrogen (secondary N) is 1. The minimum Gasteiger partial charge on any atom is -0.306 e. The average Bonchev–Trinajstić information content (AvgIpc) is 2.87. The van der Waals surface area contributed by atoms with E-state index in [2.05, 4.69) is 56.0 Å². The molecule has 0 aliphatic rings. The monoisotopic (exact) mass is 255 g/mol. The van der Waals surface area contributed by atoms with Gasteiger partial charge in [0.05, 0.1) is 6.20 Å². The van der Waals surface area contributed by atoms with Crippen LogP contribution in [-0.2, 0) is 6.54 Å². The molecule has 1 unspecified atom stereocenters. The molecule has 100 valence electrons. The van der Waals surface area contributed by atoms with Crippen LogP contribution in [-0.4, -0.2) is 9.78 Å². The van der Waals surface area contributed by atoms with Crippen LogP contribution in [0, 0.1) is 13.8 Å². The maximum Gasteiger partial charge on any atom is 0.0538 e. The molecule has 1 aromatic heterocycles. The fourth-order valence-electron chi connectivity index (χ4n) is 2.18. The van der Waals surface area contributed by atoms with Crippen molar-refractivity contribution in [2.45, 2.75) is 33.4 Å². The van der Waals surface area contributed by atoms with Crippen molar-refractivity contribution < 1.29 is 0 Å². The lowest BCUT2D eigenvalue weighted by atomic mass is 10.00. The van der Waals surface area contributed by atoms with Crippen LogP contribution in [0.25, 0.3) is 6.20 Å². The van der Waals surface area contributed by atoms with E-state index >= 15 is 0 Å². The summed E-state index contributed by atoms with van der Waals surface area (Å²) < 4.78 is 1.72. The van der Waals surface area contributed by atoms with Gasteiger partial charge in [-0.1, -0.05) is 30.3 Å². The molecule has 0 fully saturated rings. The normalized spacial score (nSPS) is 12.4. The van der Waals surface area contributed by atoms with Crippen molar-refractivity contribution in [3.63, 3.8) is 0 Å². The summed E-state index contributed by atoms with van der Waals surface area (Å²) in [4.78, 5) is 0. The van der Waals surface area contributed by atoms with E-state index in [4.69, 9.17) is 0 Å². The summed E-state index contributed by atoms with van der Waals surface area (Å²) in [5.41, 5.74) is 5.15. The molecule has 3 heteroatoms. The van der Waals surface area contributed by atoms with Crippen LogP contribution >= 0.6 is 0 Å². The number of hydrogen-bond acceptors (Lipinski definition) is 2. The van der Waals surface area contributed by atoms with Gasteiger partial charge in [-0.15, -0.1) is 0 Å². The van der Waals surface area contributed by atoms with Crippen LogP contribution in [0.5, 0.6) is 0 Å². The van der Waals surface area contributed by atoms with E-state index in [1.165, 1.54) is 16.7 Å². The predicted octanol–water partition coefficient (Wildman–Crippen LogP) is 3.45. The molecule has 0 spiro atoms. The van der Waals surface area contributed by atoms with Gasteiger partial charge in [-0.25, -0.2) is 4.68 Å². The van der Waals surface area contributed by atoms with E-state index in [1.807, 2.05) is 12.4 Å². The maximum absolute atomic E-state index is 4.18. The Hall–Kier alpha value is -1.87. The Morgan fingerprint density at radius 2 is 2.21 bits per heavy atom. The fraction of sp³-hybridized carbons (Fsp3) is 0.312. The summed E-state index contributed by atoms with van der Waals surface area (Å²) in [5.74, 6) is 0. The van der Waals surface area contributed by atoms with Gasteiger partial charge in [-0.2, -0.15) is 5.10 Å². The first-order valence-electron chi connectivity index (χ1n) is 6.56. The highest BCUT2D eigenvalue weighted by Crippen LogP contribution is 2.19. The Morgan fingerprint density at radius 1 is 1.42 bits per heavy atom. The van der Waals surface area contributed by atoms with E-state index in [9.17, 15) is 0 Å². The van der Waals surface area contributed by atoms with Gasteiger partial charge in [0.1, 0.15) is 0 Å². The fourth-order valence-corrected chi connectivity index (χ4v) is 2.18. The molecular formula is C16H21N3. The zero-order valence-corrected chi connectivity index (χ0v) is 11.9. The van der Waals surface area contributed by atoms with Crippen molar-refractivity contribution in [2.75, 3.05) is 0 Å². The van der Waals surface area contributed by atoms with Crippen LogP contribution < -0.4 is 5.32 Å². The molecule has 19 heavy (non-hydrogen) atoms. The summed E-state index contributed by atoms with van der Waals surface area (Å²) in [7, 11) is 0. The summed E-state index contributed by atoms with van der Waals surface area (Å²) in [6, 6.07) is 6.91. The zero-order chi connectivity index (χ0) is 13.8. The first-order valence-corrected chi connectivity index (χ1v) is 6.56. The molecule has 1 aromatic carbocycles. The predicted molar refractivity (Wildman–Crippen MR) is 79.8 cm³/mol. The molecule has 3 nitrogen and oxygen atoms in total. The molecule has 0 saturated carbocycles. The lowest BCUT2D eigenvalue weighted by Crippen LogP contribution is -2.18. The Morgan fingerprint density at radius 3 is 2.89 bits per heavy atom. The second-order valence-corrected chi connectivity index (χ2v) is 4.97. The Labute approximate surface area is 115 Å². The lowest BCUT2D eigenvalue weighted by Gasteiger charge is -2.16. The second-order valence-electron chi connectivity index (χ2n) is 4.97. The molecule has 1 N–H and O–H groups in total. The molecule has 1 atom stereocenters. The van der Waals surface area contributed by atoms with Crippen molar-refractivity contribution >= 4 is 6.20 Å². The number of nitrogens with zero attached hydrogens (tertiary/aromatic N) is 2. The van der Waals surface area contributed by atoms with Crippen LogP contribution in [0.1, 0.15) is 35.2 Å². The van der Waals surface area contributed by atoms with Gasteiger partial charge in [-0.05, 0) is 31.9 Å². The molecule has 0 aliphatic heterocycles. The molecular weight excluding hydrogens is 234 g/mol. The third kappa shape index (κ3) is 3.32. The summed E-state index contributed by atoms with van der Waals surface area (Å²) in [5, 5.41) is 7.71. The van der Waals surface area contributed by atoms with Crippen molar-refractivity contribution in [1.29, 1.82) is 0 Å². The van der Waals surface area contributed by atoms with Crippen LogP contribution in [0.2, 0.25) is 0 Å². The smallest absolute Gasteiger partial charge is 0.0538 e. The Balaban J connectivity index is 2.02. The van der Waals surface area contributed by atoms with E-state index in [0.29, 0.717) is 6.04 Å². The number of aryl methyl sites for hydroxylation is 2. The van der Waals surface area contributed by atoms with Crippen LogP contribution in [0.4, 0.5) is 0 Å². The van der Waals surface area contributed by atoms with E-state index in [1.54, 1.807) is 10.9 Å². The van der Waals surface area contributed by atoms with Crippen molar-refractivity contribution in [1.82, 2.24) is 15.1 Å². The molecule has 0 aliphatic carbocycles. The van der Waals surface area contributed by atoms with Gasteiger partial charge in [0.25, 0.3) is 0 Å². The quantitative estimate of drug-likeness (QED) is 0.886. The number of hydrogen-bond donors (Lipinski definition) is 1. The molecule has 0 amide bonds. The van der Waals surface area contributed by atoms with Gasteiger partial charge >= 0.3 is 0 Å². The topological polar surface area (TPSA) is 29.9 Å². The molecule has 2 rings (SSSR count). The highest BCUT2D eigenvalue weighted by atomic mass is 15.2.